The zero-order chi connectivity index (χ0) is 24.0. The number of benzene rings is 1. The molecule has 2 aliphatic heterocycles. The summed E-state index contributed by atoms with van der Waals surface area (Å²) in [5.74, 6) is 0.108. The number of nitrogens with one attached hydrogen (secondary N) is 1. The Morgan fingerprint density at radius 2 is 1.82 bits per heavy atom. The molecule has 1 aromatic rings. The summed E-state index contributed by atoms with van der Waals surface area (Å²) in [5, 5.41) is 2.98. The molecular formula is C24H36N4O5. The van der Waals surface area contributed by atoms with Crippen molar-refractivity contribution in [3.05, 3.63) is 24.3 Å². The Bertz CT molecular complexity index is 846. The molecule has 182 valence electrons. The Kier molecular flexibility index (Phi) is 8.18. The van der Waals surface area contributed by atoms with Gasteiger partial charge in [-0.3, -0.25) is 14.5 Å². The van der Waals surface area contributed by atoms with E-state index in [2.05, 4.69) is 10.2 Å². The molecule has 9 heteroatoms. The minimum atomic E-state index is -0.486. The van der Waals surface area contributed by atoms with Crippen LogP contribution >= 0.6 is 0 Å². The van der Waals surface area contributed by atoms with Gasteiger partial charge >= 0.3 is 6.09 Å². The molecule has 0 aliphatic carbocycles. The molecule has 9 nitrogen and oxygen atoms in total. The quantitative estimate of drug-likeness (QED) is 0.627. The van der Waals surface area contributed by atoms with Crippen LogP contribution in [0.1, 0.15) is 33.6 Å². The predicted molar refractivity (Wildman–Crippen MR) is 125 cm³/mol. The van der Waals surface area contributed by atoms with Crippen LogP contribution in [-0.4, -0.2) is 86.2 Å². The van der Waals surface area contributed by atoms with Gasteiger partial charge in [-0.1, -0.05) is 12.1 Å². The molecule has 2 saturated heterocycles. The Balaban J connectivity index is 1.36. The topological polar surface area (TPSA) is 91.4 Å². The van der Waals surface area contributed by atoms with Gasteiger partial charge in [0.25, 0.3) is 0 Å². The fourth-order valence-electron chi connectivity index (χ4n) is 4.11. The number of amides is 3. The Labute approximate surface area is 196 Å². The number of methoxy groups -OCH3 is 1. The Morgan fingerprint density at radius 1 is 1.12 bits per heavy atom. The van der Waals surface area contributed by atoms with Crippen molar-refractivity contribution in [2.24, 2.45) is 5.92 Å². The summed E-state index contributed by atoms with van der Waals surface area (Å²) in [6, 6.07) is 7.35. The number of hydrogen-bond donors (Lipinski definition) is 1. The van der Waals surface area contributed by atoms with E-state index in [4.69, 9.17) is 9.47 Å². The fourth-order valence-corrected chi connectivity index (χ4v) is 4.11. The first-order valence-electron chi connectivity index (χ1n) is 11.6. The molecular weight excluding hydrogens is 424 g/mol. The van der Waals surface area contributed by atoms with Gasteiger partial charge in [0.15, 0.2) is 0 Å². The molecule has 2 aliphatic rings. The van der Waals surface area contributed by atoms with Gasteiger partial charge in [-0.05, 0) is 45.9 Å². The lowest BCUT2D eigenvalue weighted by molar-refractivity contribution is -0.126. The smallest absolute Gasteiger partial charge is 0.410 e. The van der Waals surface area contributed by atoms with E-state index >= 15 is 0 Å². The van der Waals surface area contributed by atoms with Crippen LogP contribution in [0.2, 0.25) is 0 Å². The van der Waals surface area contributed by atoms with Gasteiger partial charge in [-0.25, -0.2) is 4.79 Å². The first-order chi connectivity index (χ1) is 15.7. The largest absolute Gasteiger partial charge is 0.495 e. The molecule has 33 heavy (non-hydrogen) atoms. The maximum Gasteiger partial charge on any atom is 0.410 e. The maximum atomic E-state index is 12.6. The minimum Gasteiger partial charge on any atom is -0.495 e. The number of para-hydroxylation sites is 2. The van der Waals surface area contributed by atoms with Crippen LogP contribution in [0, 0.1) is 5.92 Å². The van der Waals surface area contributed by atoms with Gasteiger partial charge in [-0.15, -0.1) is 0 Å². The highest BCUT2D eigenvalue weighted by atomic mass is 16.6. The van der Waals surface area contributed by atoms with Gasteiger partial charge in [0.1, 0.15) is 11.4 Å². The number of nitrogens with zero attached hydrogens (tertiary/aromatic N) is 3. The minimum absolute atomic E-state index is 0.0671. The van der Waals surface area contributed by atoms with Crippen LogP contribution in [0.25, 0.3) is 0 Å². The number of piperazine rings is 1. The van der Waals surface area contributed by atoms with E-state index in [1.54, 1.807) is 16.9 Å². The van der Waals surface area contributed by atoms with E-state index in [1.165, 1.54) is 0 Å². The van der Waals surface area contributed by atoms with Gasteiger partial charge in [0, 0.05) is 45.7 Å². The van der Waals surface area contributed by atoms with Gasteiger partial charge in [0.05, 0.1) is 18.7 Å². The number of carbonyl (C=O) groups excluding carboxylic acids is 3. The van der Waals surface area contributed by atoms with Crippen LogP contribution in [0.4, 0.5) is 10.5 Å². The highest BCUT2D eigenvalue weighted by Crippen LogP contribution is 2.32. The Morgan fingerprint density at radius 3 is 2.48 bits per heavy atom. The second-order valence-electron chi connectivity index (χ2n) is 9.53. The number of rotatable bonds is 7. The molecule has 2 heterocycles. The standard InChI is InChI=1S/C24H36N4O5/c1-24(2,3)33-23(31)27-14-12-26(13-15-27)11-7-10-25-22(30)18-16-21(29)28(17-18)19-8-5-6-9-20(19)32-4/h5-6,8-9,18H,7,10-17H2,1-4H3,(H,25,30). The van der Waals surface area contributed by atoms with Crippen molar-refractivity contribution in [3.8, 4) is 5.75 Å². The van der Waals surface area contributed by atoms with Gasteiger partial charge < -0.3 is 24.6 Å². The SMILES string of the molecule is COc1ccccc1N1CC(C(=O)NCCCN2CCN(C(=O)OC(C)(C)C)CC2)CC1=O. The summed E-state index contributed by atoms with van der Waals surface area (Å²) in [6.07, 6.45) is 0.758. The second kappa shape index (κ2) is 10.9. The summed E-state index contributed by atoms with van der Waals surface area (Å²) >= 11 is 0. The number of ether oxygens (including phenoxy) is 2. The highest BCUT2D eigenvalue weighted by molar-refractivity contribution is 6.01. The monoisotopic (exact) mass is 460 g/mol. The van der Waals surface area contributed by atoms with Crippen molar-refractivity contribution < 1.29 is 23.9 Å². The first kappa shape index (κ1) is 24.8. The van der Waals surface area contributed by atoms with Gasteiger partial charge in [-0.2, -0.15) is 0 Å². The third kappa shape index (κ3) is 6.83. The van der Waals surface area contributed by atoms with Crippen LogP contribution in [0.5, 0.6) is 5.75 Å². The molecule has 3 amide bonds. The zero-order valence-electron chi connectivity index (χ0n) is 20.1. The van der Waals surface area contributed by atoms with Crippen molar-refractivity contribution in [2.45, 2.75) is 39.2 Å². The summed E-state index contributed by atoms with van der Waals surface area (Å²) in [5.41, 5.74) is 0.214. The van der Waals surface area contributed by atoms with E-state index in [-0.39, 0.29) is 30.2 Å². The summed E-state index contributed by atoms with van der Waals surface area (Å²) in [6.45, 7) is 10.2. The lowest BCUT2D eigenvalue weighted by atomic mass is 10.1. The molecule has 1 atom stereocenters. The van der Waals surface area contributed by atoms with Crippen molar-refractivity contribution in [1.29, 1.82) is 0 Å². The molecule has 0 spiro atoms. The molecule has 0 aromatic heterocycles. The summed E-state index contributed by atoms with van der Waals surface area (Å²) in [7, 11) is 1.57. The third-order valence-electron chi connectivity index (χ3n) is 5.85. The van der Waals surface area contributed by atoms with E-state index in [1.807, 2.05) is 45.0 Å². The van der Waals surface area contributed by atoms with Crippen LogP contribution in [-0.2, 0) is 14.3 Å². The van der Waals surface area contributed by atoms with Crippen molar-refractivity contribution in [1.82, 2.24) is 15.1 Å². The molecule has 1 unspecified atom stereocenters. The number of hydrogen-bond acceptors (Lipinski definition) is 6. The lowest BCUT2D eigenvalue weighted by Crippen LogP contribution is -2.50. The zero-order valence-corrected chi connectivity index (χ0v) is 20.1. The van der Waals surface area contributed by atoms with Crippen LogP contribution < -0.4 is 15.0 Å². The number of anilines is 1. The van der Waals surface area contributed by atoms with E-state index in [0.717, 1.165) is 26.1 Å². The third-order valence-corrected chi connectivity index (χ3v) is 5.85. The lowest BCUT2D eigenvalue weighted by Gasteiger charge is -2.35. The second-order valence-corrected chi connectivity index (χ2v) is 9.53. The molecule has 1 aromatic carbocycles. The molecule has 0 saturated carbocycles. The molecule has 1 N–H and O–H groups in total. The van der Waals surface area contributed by atoms with Crippen molar-refractivity contribution in [3.63, 3.8) is 0 Å². The van der Waals surface area contributed by atoms with Crippen molar-refractivity contribution >= 4 is 23.6 Å². The van der Waals surface area contributed by atoms with E-state index in [9.17, 15) is 14.4 Å². The average Bonchev–Trinajstić information content (AvgIpc) is 3.17. The maximum absolute atomic E-state index is 12.6. The van der Waals surface area contributed by atoms with E-state index < -0.39 is 5.60 Å². The molecule has 3 rings (SSSR count). The van der Waals surface area contributed by atoms with Gasteiger partial charge in [0.2, 0.25) is 11.8 Å². The van der Waals surface area contributed by atoms with E-state index in [0.29, 0.717) is 37.6 Å². The summed E-state index contributed by atoms with van der Waals surface area (Å²) < 4.78 is 10.8. The fraction of sp³-hybridized carbons (Fsp3) is 0.625. The molecule has 2 fully saturated rings. The summed E-state index contributed by atoms with van der Waals surface area (Å²) in [4.78, 5) is 42.9. The number of carbonyl (C=O) groups is 3. The Hall–Kier alpha value is -2.81. The predicted octanol–water partition coefficient (Wildman–Crippen LogP) is 2.11. The highest BCUT2D eigenvalue weighted by Gasteiger charge is 2.36. The molecule has 0 bridgehead atoms. The normalized spacial score (nSPS) is 19.5. The van der Waals surface area contributed by atoms with Crippen LogP contribution in [0.3, 0.4) is 0 Å². The van der Waals surface area contributed by atoms with Crippen molar-refractivity contribution in [2.75, 3.05) is 57.8 Å². The van der Waals surface area contributed by atoms with Crippen LogP contribution in [0.15, 0.2) is 24.3 Å². The first-order valence-corrected chi connectivity index (χ1v) is 11.6. The average molecular weight is 461 g/mol. The molecule has 0 radical (unpaired) electrons.